The van der Waals surface area contributed by atoms with Crippen LogP contribution in [-0.2, 0) is 11.2 Å². The van der Waals surface area contributed by atoms with Crippen LogP contribution in [0.1, 0.15) is 32.3 Å². The predicted octanol–water partition coefficient (Wildman–Crippen LogP) is 2.63. The molecule has 0 heterocycles. The van der Waals surface area contributed by atoms with Crippen LogP contribution in [0, 0.1) is 0 Å². The molecule has 0 aliphatic carbocycles. The average Bonchev–Trinajstić information content (AvgIpc) is 2.40. The molecule has 1 unspecified atom stereocenters. The summed E-state index contributed by atoms with van der Waals surface area (Å²) in [6, 6.07) is 9.51. The lowest BCUT2D eigenvalue weighted by Crippen LogP contribution is -2.45. The molecule has 1 aromatic carbocycles. The number of carbonyl (C=O) groups is 1. The topological polar surface area (TPSA) is 46.3 Å². The van der Waals surface area contributed by atoms with Crippen molar-refractivity contribution in [3.05, 3.63) is 35.9 Å². The van der Waals surface area contributed by atoms with Gasteiger partial charge in [0.15, 0.2) is 0 Å². The normalized spacial score (nSPS) is 11.5. The maximum Gasteiger partial charge on any atom is 0.239 e. The number of hydrogen-bond acceptors (Lipinski definition) is 2. The summed E-state index contributed by atoms with van der Waals surface area (Å²) in [7, 11) is 0. The second-order valence-corrected chi connectivity index (χ2v) is 4.57. The Bertz CT molecular complexity index is 356. The Kier molecular flexibility index (Phi) is 9.27. The fourth-order valence-corrected chi connectivity index (χ4v) is 1.96. The smallest absolute Gasteiger partial charge is 0.239 e. The van der Waals surface area contributed by atoms with Gasteiger partial charge in [0.1, 0.15) is 0 Å². The molecule has 108 valence electrons. The number of hydrogen-bond donors (Lipinski definition) is 1. The molecule has 0 radical (unpaired) electrons. The number of nitrogens with two attached hydrogens (primary N) is 1. The summed E-state index contributed by atoms with van der Waals surface area (Å²) in [6.45, 7) is 5.68. The van der Waals surface area contributed by atoms with E-state index < -0.39 is 6.04 Å². The van der Waals surface area contributed by atoms with Gasteiger partial charge in [0, 0.05) is 13.1 Å². The number of likely N-dealkylation sites (N-methyl/N-ethyl adjacent to an activating group) is 1. The van der Waals surface area contributed by atoms with E-state index in [1.54, 1.807) is 0 Å². The number of benzene rings is 1. The average molecular weight is 285 g/mol. The first-order valence-corrected chi connectivity index (χ1v) is 6.77. The van der Waals surface area contributed by atoms with Crippen LogP contribution in [0.4, 0.5) is 0 Å². The number of unbranched alkanes of at least 4 members (excludes halogenated alkanes) is 1. The van der Waals surface area contributed by atoms with Gasteiger partial charge in [0.25, 0.3) is 0 Å². The van der Waals surface area contributed by atoms with Crippen LogP contribution in [0.3, 0.4) is 0 Å². The minimum atomic E-state index is -0.427. The third-order valence-electron chi connectivity index (χ3n) is 3.09. The molecule has 19 heavy (non-hydrogen) atoms. The molecule has 0 fully saturated rings. The molecular formula is C15H25ClN2O. The molecule has 1 rings (SSSR count). The number of nitrogens with zero attached hydrogens (tertiary/aromatic N) is 1. The molecule has 1 amide bonds. The summed E-state index contributed by atoms with van der Waals surface area (Å²) in [5.41, 5.74) is 7.12. The molecule has 1 atom stereocenters. The van der Waals surface area contributed by atoms with Gasteiger partial charge in [-0.3, -0.25) is 4.79 Å². The molecule has 0 bridgehead atoms. The van der Waals surface area contributed by atoms with Crippen LogP contribution < -0.4 is 5.73 Å². The van der Waals surface area contributed by atoms with Gasteiger partial charge < -0.3 is 10.6 Å². The lowest BCUT2D eigenvalue weighted by Gasteiger charge is -2.24. The van der Waals surface area contributed by atoms with E-state index in [0.717, 1.165) is 31.5 Å². The van der Waals surface area contributed by atoms with Crippen LogP contribution in [0.25, 0.3) is 0 Å². The molecule has 4 heteroatoms. The molecule has 0 saturated heterocycles. The van der Waals surface area contributed by atoms with E-state index in [1.807, 2.05) is 42.2 Å². The maximum atomic E-state index is 12.2. The Morgan fingerprint density at radius 1 is 1.26 bits per heavy atom. The van der Waals surface area contributed by atoms with Gasteiger partial charge in [0.05, 0.1) is 6.04 Å². The highest BCUT2D eigenvalue weighted by molar-refractivity contribution is 5.85. The van der Waals surface area contributed by atoms with Crippen molar-refractivity contribution in [2.24, 2.45) is 5.73 Å². The zero-order valence-electron chi connectivity index (χ0n) is 11.8. The van der Waals surface area contributed by atoms with Gasteiger partial charge >= 0.3 is 0 Å². The highest BCUT2D eigenvalue weighted by atomic mass is 35.5. The van der Waals surface area contributed by atoms with Gasteiger partial charge in [0.2, 0.25) is 5.91 Å². The Balaban J connectivity index is 0.00000324. The Morgan fingerprint density at radius 3 is 2.42 bits per heavy atom. The fourth-order valence-electron chi connectivity index (χ4n) is 1.96. The van der Waals surface area contributed by atoms with E-state index in [2.05, 4.69) is 6.92 Å². The van der Waals surface area contributed by atoms with Crippen molar-refractivity contribution in [2.45, 2.75) is 39.2 Å². The monoisotopic (exact) mass is 284 g/mol. The number of carbonyl (C=O) groups excluding carboxylic acids is 1. The standard InChI is InChI=1S/C15H24N2O.ClH/c1-3-5-11-17(4-2)15(18)14(16)12-13-9-7-6-8-10-13;/h6-10,14H,3-5,11-12,16H2,1-2H3;1H. The van der Waals surface area contributed by atoms with Crippen LogP contribution in [-0.4, -0.2) is 29.9 Å². The quantitative estimate of drug-likeness (QED) is 0.837. The van der Waals surface area contributed by atoms with E-state index in [-0.39, 0.29) is 18.3 Å². The predicted molar refractivity (Wildman–Crippen MR) is 82.5 cm³/mol. The van der Waals surface area contributed by atoms with E-state index in [9.17, 15) is 4.79 Å². The van der Waals surface area contributed by atoms with Gasteiger partial charge in [-0.05, 0) is 25.3 Å². The summed E-state index contributed by atoms with van der Waals surface area (Å²) in [6.07, 6.45) is 2.75. The molecule has 0 aromatic heterocycles. The van der Waals surface area contributed by atoms with Crippen molar-refractivity contribution in [1.29, 1.82) is 0 Å². The van der Waals surface area contributed by atoms with E-state index >= 15 is 0 Å². The van der Waals surface area contributed by atoms with E-state index in [0.29, 0.717) is 6.42 Å². The molecule has 3 nitrogen and oxygen atoms in total. The Morgan fingerprint density at radius 2 is 1.89 bits per heavy atom. The molecular weight excluding hydrogens is 260 g/mol. The van der Waals surface area contributed by atoms with Crippen LogP contribution in [0.2, 0.25) is 0 Å². The van der Waals surface area contributed by atoms with Crippen molar-refractivity contribution in [3.8, 4) is 0 Å². The fraction of sp³-hybridized carbons (Fsp3) is 0.533. The number of halogens is 1. The van der Waals surface area contributed by atoms with Crippen molar-refractivity contribution in [1.82, 2.24) is 4.90 Å². The van der Waals surface area contributed by atoms with E-state index in [4.69, 9.17) is 5.73 Å². The third kappa shape index (κ3) is 6.08. The summed E-state index contributed by atoms with van der Waals surface area (Å²) in [5, 5.41) is 0. The van der Waals surface area contributed by atoms with Crippen LogP contribution in [0.5, 0.6) is 0 Å². The van der Waals surface area contributed by atoms with Crippen molar-refractivity contribution in [3.63, 3.8) is 0 Å². The summed E-state index contributed by atoms with van der Waals surface area (Å²) in [4.78, 5) is 14.0. The Labute approximate surface area is 122 Å². The molecule has 0 spiro atoms. The summed E-state index contributed by atoms with van der Waals surface area (Å²) < 4.78 is 0. The zero-order chi connectivity index (χ0) is 13.4. The molecule has 2 N–H and O–H groups in total. The SMILES string of the molecule is CCCCN(CC)C(=O)C(N)Cc1ccccc1.Cl. The lowest BCUT2D eigenvalue weighted by molar-refractivity contribution is -0.132. The van der Waals surface area contributed by atoms with Gasteiger partial charge in [-0.1, -0.05) is 43.7 Å². The molecule has 1 aromatic rings. The van der Waals surface area contributed by atoms with Crippen molar-refractivity contribution in [2.75, 3.05) is 13.1 Å². The van der Waals surface area contributed by atoms with Crippen molar-refractivity contribution < 1.29 is 4.79 Å². The highest BCUT2D eigenvalue weighted by Crippen LogP contribution is 2.05. The third-order valence-corrected chi connectivity index (χ3v) is 3.09. The second kappa shape index (κ2) is 9.82. The minimum Gasteiger partial charge on any atom is -0.342 e. The summed E-state index contributed by atoms with van der Waals surface area (Å²) >= 11 is 0. The largest absolute Gasteiger partial charge is 0.342 e. The van der Waals surface area contributed by atoms with Gasteiger partial charge in [-0.15, -0.1) is 12.4 Å². The molecule has 0 aliphatic heterocycles. The first-order valence-electron chi connectivity index (χ1n) is 6.77. The van der Waals surface area contributed by atoms with Crippen molar-refractivity contribution >= 4 is 18.3 Å². The van der Waals surface area contributed by atoms with Gasteiger partial charge in [-0.2, -0.15) is 0 Å². The molecule has 0 saturated carbocycles. The van der Waals surface area contributed by atoms with E-state index in [1.165, 1.54) is 0 Å². The number of rotatable bonds is 7. The first-order chi connectivity index (χ1) is 8.69. The van der Waals surface area contributed by atoms with Gasteiger partial charge in [-0.25, -0.2) is 0 Å². The highest BCUT2D eigenvalue weighted by Gasteiger charge is 2.19. The lowest BCUT2D eigenvalue weighted by atomic mass is 10.1. The first kappa shape index (κ1) is 17.9. The minimum absolute atomic E-state index is 0. The zero-order valence-corrected chi connectivity index (χ0v) is 12.7. The Hall–Kier alpha value is -1.06. The summed E-state index contributed by atoms with van der Waals surface area (Å²) in [5.74, 6) is 0.0646. The van der Waals surface area contributed by atoms with Crippen LogP contribution >= 0.6 is 12.4 Å². The molecule has 0 aliphatic rings. The number of amides is 1. The maximum absolute atomic E-state index is 12.2. The van der Waals surface area contributed by atoms with Crippen LogP contribution in [0.15, 0.2) is 30.3 Å². The second-order valence-electron chi connectivity index (χ2n) is 4.57.